The van der Waals surface area contributed by atoms with Crippen LogP contribution in [0.5, 0.6) is 34.5 Å². The van der Waals surface area contributed by atoms with Crippen LogP contribution in [0.25, 0.3) is 0 Å². The van der Waals surface area contributed by atoms with Gasteiger partial charge in [0.2, 0.25) is 0 Å². The lowest BCUT2D eigenvalue weighted by atomic mass is 9.51. The van der Waals surface area contributed by atoms with Gasteiger partial charge in [-0.2, -0.15) is 0 Å². The molecular formula is C76H88O16. The number of allylic oxidation sites excluding steroid dienone is 10. The second-order valence-corrected chi connectivity index (χ2v) is 30.8. The Kier molecular flexibility index (Phi) is 14.6. The van der Waals surface area contributed by atoms with E-state index in [0.29, 0.717) is 108 Å². The van der Waals surface area contributed by atoms with Crippen LogP contribution in [0, 0.1) is 35.5 Å². The van der Waals surface area contributed by atoms with Gasteiger partial charge >= 0.3 is 0 Å². The Hall–Kier alpha value is -7.30. The predicted molar refractivity (Wildman–Crippen MR) is 342 cm³/mol. The molecule has 488 valence electrons. The van der Waals surface area contributed by atoms with Crippen LogP contribution in [0.1, 0.15) is 216 Å². The molecule has 0 aromatic heterocycles. The second-order valence-electron chi connectivity index (χ2n) is 30.8. The highest BCUT2D eigenvalue weighted by Gasteiger charge is 2.83. The van der Waals surface area contributed by atoms with E-state index in [1.807, 2.05) is 69.2 Å². The molecule has 6 aliphatic heterocycles. The molecule has 0 radical (unpaired) electrons. The van der Waals surface area contributed by atoms with E-state index in [2.05, 4.69) is 39.2 Å². The van der Waals surface area contributed by atoms with Crippen LogP contribution in [-0.2, 0) is 51.0 Å². The largest absolute Gasteiger partial charge is 0.507 e. The zero-order valence-electron chi connectivity index (χ0n) is 55.7. The van der Waals surface area contributed by atoms with Gasteiger partial charge in [-0.25, -0.2) is 0 Å². The van der Waals surface area contributed by atoms with Crippen LogP contribution in [0.15, 0.2) is 94.6 Å². The monoisotopic (exact) mass is 1260 g/mol. The fraction of sp³-hybridized carbons (Fsp3) is 0.553. The second kappa shape index (κ2) is 21.1. The minimum Gasteiger partial charge on any atom is -0.507 e. The molecule has 92 heavy (non-hydrogen) atoms. The molecule has 16 nitrogen and oxygen atoms in total. The minimum absolute atomic E-state index is 0.0546. The Morgan fingerprint density at radius 1 is 0.554 bits per heavy atom. The van der Waals surface area contributed by atoms with Gasteiger partial charge in [-0.15, -0.1) is 0 Å². The van der Waals surface area contributed by atoms with Crippen molar-refractivity contribution < 1.29 is 76.9 Å². The summed E-state index contributed by atoms with van der Waals surface area (Å²) in [5.41, 5.74) is -0.518. The number of fused-ring (bicyclic) bond motifs is 10. The summed E-state index contributed by atoms with van der Waals surface area (Å²) in [7, 11) is 0. The normalized spacial score (nSPS) is 36.0. The van der Waals surface area contributed by atoms with Gasteiger partial charge in [0.1, 0.15) is 68.3 Å². The average molecular weight is 1260 g/mol. The van der Waals surface area contributed by atoms with E-state index in [9.17, 15) is 39.0 Å². The number of Topliss-reactive ketones (excluding diaryl/α,β-unsaturated/α-hetero) is 4. The first kappa shape index (κ1) is 63.5. The number of benzene rings is 2. The fourth-order valence-electron chi connectivity index (χ4n) is 19.4. The number of carbonyl (C=O) groups excluding carboxylic acids is 6. The third-order valence-electron chi connectivity index (χ3n) is 23.4. The summed E-state index contributed by atoms with van der Waals surface area (Å²) in [5.74, 6) is -0.461. The lowest BCUT2D eigenvalue weighted by molar-refractivity contribution is -0.172. The van der Waals surface area contributed by atoms with E-state index in [0.717, 1.165) is 48.0 Å². The Bertz CT molecular complexity index is 3660. The summed E-state index contributed by atoms with van der Waals surface area (Å²) in [6.07, 6.45) is 17.8. The van der Waals surface area contributed by atoms with Gasteiger partial charge in [-0.05, 0) is 185 Å². The van der Waals surface area contributed by atoms with Gasteiger partial charge in [0.15, 0.2) is 45.5 Å². The van der Waals surface area contributed by atoms with Crippen LogP contribution in [-0.4, -0.2) is 91.1 Å². The standard InChI is InChI=1S/2C38H44O8/c2*1-19(2)9-10-24-32-28(25-17-36(8,44-32)13-12-23(25)20(3)4)31(41)29-30(40)26-15-22-16-27-35(6,7)46-37(34(22)42,14-11-21(5)43-18-39)38(26,27)45-33(24)29/h2*9,11,15,18,22-23,25,27,41H,3,10,12-14,16-17H2,1-2,4-8H3/b2*21-11-/t22-,23?,25-,27?,36-,37-,38-;22-,23+,25?,27?,36+,37-,38-/m11/s1. The Morgan fingerprint density at radius 2 is 0.924 bits per heavy atom. The van der Waals surface area contributed by atoms with Gasteiger partial charge in [0.05, 0.1) is 11.2 Å². The fourth-order valence-corrected chi connectivity index (χ4v) is 19.4. The van der Waals surface area contributed by atoms with Crippen molar-refractivity contribution in [3.63, 3.8) is 0 Å². The van der Waals surface area contributed by atoms with Crippen LogP contribution < -0.4 is 18.9 Å². The van der Waals surface area contributed by atoms with Crippen LogP contribution in [0.4, 0.5) is 0 Å². The summed E-state index contributed by atoms with van der Waals surface area (Å²) in [4.78, 5) is 80.9. The number of phenols is 2. The highest BCUT2D eigenvalue weighted by atomic mass is 16.6. The third kappa shape index (κ3) is 8.64. The van der Waals surface area contributed by atoms with E-state index >= 15 is 0 Å². The number of aromatic hydroxyl groups is 2. The molecule has 14 atom stereocenters. The molecular weight excluding hydrogens is 1170 g/mol. The van der Waals surface area contributed by atoms with Gasteiger partial charge in [0, 0.05) is 81.7 Å². The molecule has 14 aliphatic rings. The first-order valence-corrected chi connectivity index (χ1v) is 33.0. The van der Waals surface area contributed by atoms with Gasteiger partial charge in [0.25, 0.3) is 12.9 Å². The molecule has 16 rings (SSSR count). The first-order valence-electron chi connectivity index (χ1n) is 33.0. The maximum absolute atomic E-state index is 15.0. The van der Waals surface area contributed by atoms with Crippen LogP contribution in [0.2, 0.25) is 0 Å². The number of hydrogen-bond donors (Lipinski definition) is 2. The number of phenolic OH excluding ortho intramolecular Hbond substituents is 2. The highest BCUT2D eigenvalue weighted by Crippen LogP contribution is 2.72. The SMILES string of the molecule is C=C(C)C1CC[C@]2(C)C[C@H]1c1c(O)c3c(c(CC=C(C)C)c1O2)O[C@]12C(=C[C@@H]4CC1C(C)(C)O[C@]2(C/C=C(/C)OC=O)C4=O)C3=O.C=C(C)[C@@H]1CC[C@@]2(C)CC1c1c(O)c3c(c(CC=C(C)C)c1O2)O[C@]12C(=C[C@@H]4CC1C(C)(C)O[C@]2(C/C=C(/C)OC=O)C4=O)C3=O. The molecule has 12 bridgehead atoms. The lowest BCUT2D eigenvalue weighted by Crippen LogP contribution is -2.72. The summed E-state index contributed by atoms with van der Waals surface area (Å²) >= 11 is 0. The van der Waals surface area contributed by atoms with Crippen LogP contribution in [0.3, 0.4) is 0 Å². The number of ketones is 4. The van der Waals surface area contributed by atoms with Crippen LogP contribution >= 0.6 is 0 Å². The predicted octanol–water partition coefficient (Wildman–Crippen LogP) is 14.0. The zero-order chi connectivity index (χ0) is 66.3. The maximum Gasteiger partial charge on any atom is 0.298 e. The van der Waals surface area contributed by atoms with Crippen molar-refractivity contribution in [2.75, 3.05) is 0 Å². The molecule has 2 aromatic carbocycles. The lowest BCUT2D eigenvalue weighted by Gasteiger charge is -2.56. The van der Waals surface area contributed by atoms with E-state index in [4.69, 9.17) is 37.9 Å². The molecule has 6 heterocycles. The Balaban J connectivity index is 0.000000168. The quantitative estimate of drug-likeness (QED) is 0.102. The first-order chi connectivity index (χ1) is 43.2. The van der Waals surface area contributed by atoms with Crippen molar-refractivity contribution in [2.45, 2.75) is 231 Å². The zero-order valence-corrected chi connectivity index (χ0v) is 55.7. The average Bonchev–Trinajstić information content (AvgIpc) is 1.41. The van der Waals surface area contributed by atoms with Crippen molar-refractivity contribution in [2.24, 2.45) is 35.5 Å². The Labute approximate surface area is 539 Å². The Morgan fingerprint density at radius 3 is 1.26 bits per heavy atom. The molecule has 6 fully saturated rings. The molecule has 2 aromatic rings. The molecule has 4 unspecified atom stereocenters. The highest BCUT2D eigenvalue weighted by molar-refractivity contribution is 6.20. The van der Waals surface area contributed by atoms with E-state index in [-0.39, 0.29) is 106 Å². The molecule has 4 saturated carbocycles. The third-order valence-corrected chi connectivity index (χ3v) is 23.4. The van der Waals surface area contributed by atoms with Crippen molar-refractivity contribution in [1.82, 2.24) is 0 Å². The van der Waals surface area contributed by atoms with Crippen molar-refractivity contribution in [3.05, 3.63) is 128 Å². The summed E-state index contributed by atoms with van der Waals surface area (Å²) < 4.78 is 51.9. The molecule has 16 heteroatoms. The molecule has 2 saturated heterocycles. The van der Waals surface area contributed by atoms with E-state index in [1.54, 1.807) is 38.2 Å². The van der Waals surface area contributed by atoms with Crippen molar-refractivity contribution >= 4 is 36.1 Å². The van der Waals surface area contributed by atoms with Gasteiger partial charge < -0.3 is 48.1 Å². The summed E-state index contributed by atoms with van der Waals surface area (Å²) in [6.45, 7) is 36.7. The smallest absolute Gasteiger partial charge is 0.298 e. The van der Waals surface area contributed by atoms with Gasteiger partial charge in [-0.3, -0.25) is 28.8 Å². The minimum atomic E-state index is -1.54. The molecule has 2 N–H and O–H groups in total. The van der Waals surface area contributed by atoms with Gasteiger partial charge in [-0.1, -0.05) is 59.8 Å². The molecule has 2 spiro atoms. The number of ether oxygens (including phenoxy) is 8. The van der Waals surface area contributed by atoms with E-state index < -0.39 is 56.6 Å². The van der Waals surface area contributed by atoms with Crippen molar-refractivity contribution in [1.29, 1.82) is 0 Å². The number of hydrogen-bond acceptors (Lipinski definition) is 16. The summed E-state index contributed by atoms with van der Waals surface area (Å²) in [6, 6.07) is 0. The maximum atomic E-state index is 15.0. The van der Waals surface area contributed by atoms with E-state index in [1.165, 1.54) is 0 Å². The molecule has 0 amide bonds. The number of rotatable bonds is 14. The number of carbonyl (C=O) groups is 6. The van der Waals surface area contributed by atoms with Crippen molar-refractivity contribution in [3.8, 4) is 34.5 Å². The summed E-state index contributed by atoms with van der Waals surface area (Å²) in [5, 5.41) is 24.4. The molecule has 8 aliphatic carbocycles. The topological polar surface area (TPSA) is 217 Å².